The van der Waals surface area contributed by atoms with E-state index in [9.17, 15) is 5.11 Å². The van der Waals surface area contributed by atoms with Gasteiger partial charge in [0.25, 0.3) is 0 Å². The Bertz CT molecular complexity index is 419. The Kier molecular flexibility index (Phi) is 2.55. The predicted molar refractivity (Wildman–Crippen MR) is 58.3 cm³/mol. The zero-order chi connectivity index (χ0) is 9.97. The van der Waals surface area contributed by atoms with Crippen molar-refractivity contribution in [3.8, 4) is 0 Å². The largest absolute Gasteiger partial charge is 0.393 e. The summed E-state index contributed by atoms with van der Waals surface area (Å²) in [5, 5.41) is 10.8. The van der Waals surface area contributed by atoms with Gasteiger partial charge in [-0.15, -0.1) is 0 Å². The third kappa shape index (κ3) is 1.66. The molecule has 2 nitrogen and oxygen atoms in total. The second-order valence-corrected chi connectivity index (χ2v) is 3.62. The average molecular weight is 189 g/mol. The molecule has 0 aliphatic carbocycles. The smallest absolute Gasteiger partial charge is 0.0578 e. The molecule has 1 unspecified atom stereocenters. The van der Waals surface area contributed by atoms with E-state index in [4.69, 9.17) is 0 Å². The molecule has 1 atom stereocenters. The lowest BCUT2D eigenvalue weighted by molar-refractivity contribution is 0.171. The maximum atomic E-state index is 9.60. The lowest BCUT2D eigenvalue weighted by Crippen LogP contribution is -2.08. The number of aromatic amines is 1. The molecule has 2 heteroatoms. The topological polar surface area (TPSA) is 36.0 Å². The fraction of sp³-hybridized carbons (Fsp3) is 0.333. The van der Waals surface area contributed by atoms with E-state index >= 15 is 0 Å². The first kappa shape index (κ1) is 9.28. The van der Waals surface area contributed by atoms with Crippen LogP contribution in [0.4, 0.5) is 0 Å². The normalized spacial score (nSPS) is 13.3. The van der Waals surface area contributed by atoms with Crippen molar-refractivity contribution in [2.24, 2.45) is 0 Å². The molecule has 1 aromatic carbocycles. The van der Waals surface area contributed by atoms with Crippen LogP contribution in [0.1, 0.15) is 18.9 Å². The Labute approximate surface area is 83.6 Å². The number of aliphatic hydroxyl groups excluding tert-OH is 1. The minimum atomic E-state index is -0.226. The molecule has 0 amide bonds. The van der Waals surface area contributed by atoms with Gasteiger partial charge in [-0.2, -0.15) is 0 Å². The highest BCUT2D eigenvalue weighted by atomic mass is 16.3. The van der Waals surface area contributed by atoms with Gasteiger partial charge in [0.1, 0.15) is 0 Å². The van der Waals surface area contributed by atoms with Gasteiger partial charge in [0.2, 0.25) is 0 Å². The second kappa shape index (κ2) is 3.84. The molecule has 1 heterocycles. The number of benzene rings is 1. The first-order valence-electron chi connectivity index (χ1n) is 5.04. The van der Waals surface area contributed by atoms with Crippen molar-refractivity contribution in [1.82, 2.24) is 4.98 Å². The molecule has 0 saturated heterocycles. The molecule has 2 aromatic rings. The van der Waals surface area contributed by atoms with Crippen molar-refractivity contribution in [2.45, 2.75) is 25.9 Å². The van der Waals surface area contributed by atoms with Gasteiger partial charge in [-0.1, -0.05) is 19.1 Å². The SMILES string of the molecule is CCC(O)Cc1cccc2[nH]ccc12. The first-order valence-corrected chi connectivity index (χ1v) is 5.04. The summed E-state index contributed by atoms with van der Waals surface area (Å²) in [5.41, 5.74) is 2.36. The molecule has 1 aromatic heterocycles. The van der Waals surface area contributed by atoms with Gasteiger partial charge >= 0.3 is 0 Å². The summed E-state index contributed by atoms with van der Waals surface area (Å²) in [6.45, 7) is 2.00. The summed E-state index contributed by atoms with van der Waals surface area (Å²) < 4.78 is 0. The minimum absolute atomic E-state index is 0.226. The minimum Gasteiger partial charge on any atom is -0.393 e. The van der Waals surface area contributed by atoms with Crippen molar-refractivity contribution in [2.75, 3.05) is 0 Å². The van der Waals surface area contributed by atoms with Crippen LogP contribution in [-0.4, -0.2) is 16.2 Å². The number of hydrogen-bond acceptors (Lipinski definition) is 1. The van der Waals surface area contributed by atoms with E-state index in [1.165, 1.54) is 10.9 Å². The van der Waals surface area contributed by atoms with Crippen LogP contribution in [0.15, 0.2) is 30.5 Å². The van der Waals surface area contributed by atoms with E-state index in [0.717, 1.165) is 18.4 Å². The predicted octanol–water partition coefficient (Wildman–Crippen LogP) is 2.48. The lowest BCUT2D eigenvalue weighted by atomic mass is 10.0. The fourth-order valence-corrected chi connectivity index (χ4v) is 1.73. The van der Waals surface area contributed by atoms with E-state index in [1.807, 2.05) is 19.2 Å². The molecular weight excluding hydrogens is 174 g/mol. The Morgan fingerprint density at radius 3 is 3.00 bits per heavy atom. The van der Waals surface area contributed by atoms with Gasteiger partial charge in [-0.3, -0.25) is 0 Å². The van der Waals surface area contributed by atoms with Crippen molar-refractivity contribution in [3.05, 3.63) is 36.0 Å². The van der Waals surface area contributed by atoms with Gasteiger partial charge in [0.05, 0.1) is 6.10 Å². The number of aromatic nitrogens is 1. The van der Waals surface area contributed by atoms with Crippen LogP contribution in [-0.2, 0) is 6.42 Å². The maximum absolute atomic E-state index is 9.60. The number of fused-ring (bicyclic) bond motifs is 1. The molecule has 0 saturated carbocycles. The number of H-pyrrole nitrogens is 1. The molecule has 0 fully saturated rings. The van der Waals surface area contributed by atoms with Crippen LogP contribution in [0.2, 0.25) is 0 Å². The van der Waals surface area contributed by atoms with Crippen LogP contribution in [0.5, 0.6) is 0 Å². The fourth-order valence-electron chi connectivity index (χ4n) is 1.73. The van der Waals surface area contributed by atoms with Gasteiger partial charge in [0, 0.05) is 17.1 Å². The summed E-state index contributed by atoms with van der Waals surface area (Å²) in [6, 6.07) is 8.22. The van der Waals surface area contributed by atoms with E-state index in [2.05, 4.69) is 23.2 Å². The molecule has 14 heavy (non-hydrogen) atoms. The van der Waals surface area contributed by atoms with Crippen molar-refractivity contribution >= 4 is 10.9 Å². The van der Waals surface area contributed by atoms with Crippen LogP contribution in [0.25, 0.3) is 10.9 Å². The van der Waals surface area contributed by atoms with E-state index in [-0.39, 0.29) is 6.10 Å². The molecule has 0 bridgehead atoms. The maximum Gasteiger partial charge on any atom is 0.0578 e. The van der Waals surface area contributed by atoms with Crippen LogP contribution in [0.3, 0.4) is 0 Å². The summed E-state index contributed by atoms with van der Waals surface area (Å²) in [4.78, 5) is 3.17. The zero-order valence-electron chi connectivity index (χ0n) is 8.33. The monoisotopic (exact) mass is 189 g/mol. The number of nitrogens with one attached hydrogen (secondary N) is 1. The summed E-state index contributed by atoms with van der Waals surface area (Å²) >= 11 is 0. The molecule has 74 valence electrons. The van der Waals surface area contributed by atoms with Gasteiger partial charge < -0.3 is 10.1 Å². The lowest BCUT2D eigenvalue weighted by Gasteiger charge is -2.08. The quantitative estimate of drug-likeness (QED) is 0.764. The van der Waals surface area contributed by atoms with E-state index in [0.29, 0.717) is 0 Å². The Morgan fingerprint density at radius 2 is 2.21 bits per heavy atom. The first-order chi connectivity index (χ1) is 6.81. The van der Waals surface area contributed by atoms with Gasteiger partial charge in [-0.05, 0) is 30.5 Å². The van der Waals surface area contributed by atoms with Crippen molar-refractivity contribution in [3.63, 3.8) is 0 Å². The van der Waals surface area contributed by atoms with Crippen molar-refractivity contribution < 1.29 is 5.11 Å². The molecule has 0 aliphatic heterocycles. The van der Waals surface area contributed by atoms with E-state index in [1.54, 1.807) is 0 Å². The van der Waals surface area contributed by atoms with Crippen LogP contribution >= 0.6 is 0 Å². The van der Waals surface area contributed by atoms with Gasteiger partial charge in [-0.25, -0.2) is 0 Å². The van der Waals surface area contributed by atoms with Gasteiger partial charge in [0.15, 0.2) is 0 Å². The Morgan fingerprint density at radius 1 is 1.36 bits per heavy atom. The molecule has 0 radical (unpaired) electrons. The Hall–Kier alpha value is -1.28. The highest BCUT2D eigenvalue weighted by molar-refractivity contribution is 5.82. The van der Waals surface area contributed by atoms with Crippen molar-refractivity contribution in [1.29, 1.82) is 0 Å². The van der Waals surface area contributed by atoms with Crippen LogP contribution in [0, 0.1) is 0 Å². The summed E-state index contributed by atoms with van der Waals surface area (Å²) in [7, 11) is 0. The molecule has 0 spiro atoms. The average Bonchev–Trinajstić information content (AvgIpc) is 2.66. The number of aliphatic hydroxyl groups is 1. The highest BCUT2D eigenvalue weighted by Gasteiger charge is 2.06. The molecule has 2 N–H and O–H groups in total. The molecular formula is C12H15NO. The van der Waals surface area contributed by atoms with E-state index < -0.39 is 0 Å². The third-order valence-corrected chi connectivity index (χ3v) is 2.61. The highest BCUT2D eigenvalue weighted by Crippen LogP contribution is 2.19. The standard InChI is InChI=1S/C12H15NO/c1-2-10(14)8-9-4-3-5-12-11(9)6-7-13-12/h3-7,10,13-14H,2,8H2,1H3. The van der Waals surface area contributed by atoms with Crippen LogP contribution < -0.4 is 0 Å². The summed E-state index contributed by atoms with van der Waals surface area (Å²) in [6.07, 6.45) is 3.26. The third-order valence-electron chi connectivity index (χ3n) is 2.61. The Balaban J connectivity index is 2.36. The number of hydrogen-bond donors (Lipinski definition) is 2. The molecule has 2 rings (SSSR count). The zero-order valence-corrected chi connectivity index (χ0v) is 8.33. The molecule has 0 aliphatic rings. The summed E-state index contributed by atoms with van der Waals surface area (Å²) in [5.74, 6) is 0. The number of rotatable bonds is 3. The second-order valence-electron chi connectivity index (χ2n) is 3.62.